The van der Waals surface area contributed by atoms with Crippen LogP contribution in [0.4, 0.5) is 0 Å². The molecule has 1 saturated carbocycles. The van der Waals surface area contributed by atoms with Crippen molar-refractivity contribution in [3.8, 4) is 0 Å². The highest BCUT2D eigenvalue weighted by Crippen LogP contribution is 2.72. The number of aliphatic hydroxyl groups is 1. The maximum absolute atomic E-state index is 10.4. The molecule has 0 spiro atoms. The lowest BCUT2D eigenvalue weighted by molar-refractivity contribution is 0.131. The highest BCUT2D eigenvalue weighted by Gasteiger charge is 2.67. The fraction of sp³-hybridized carbons (Fsp3) is 0.667. The molecule has 1 aromatic heterocycles. The van der Waals surface area contributed by atoms with Crippen LogP contribution in [0.5, 0.6) is 0 Å². The van der Waals surface area contributed by atoms with Gasteiger partial charge in [0.15, 0.2) is 0 Å². The van der Waals surface area contributed by atoms with Crippen molar-refractivity contribution in [3.63, 3.8) is 0 Å². The van der Waals surface area contributed by atoms with Gasteiger partial charge in [0.2, 0.25) is 0 Å². The highest BCUT2D eigenvalue weighted by atomic mass is 35.5. The average molecular weight is 279 g/mol. The summed E-state index contributed by atoms with van der Waals surface area (Å²) >= 11 is 13.3. The third kappa shape index (κ3) is 1.62. The molecular formula is C12H16Cl2OS. The third-order valence-corrected chi connectivity index (χ3v) is 5.97. The maximum atomic E-state index is 10.4. The van der Waals surface area contributed by atoms with Gasteiger partial charge in [-0.15, -0.1) is 11.3 Å². The van der Waals surface area contributed by atoms with E-state index in [0.717, 1.165) is 5.56 Å². The minimum Gasteiger partial charge on any atom is -0.388 e. The standard InChI is InChI=1S/C12H16Cl2OS/c1-11(2)9(12(11,3)4)8(15)6-5-7(13)16-10(6)14/h5,8-9,15H,1-4H3. The van der Waals surface area contributed by atoms with Crippen molar-refractivity contribution in [1.82, 2.24) is 0 Å². The van der Waals surface area contributed by atoms with Gasteiger partial charge in [0.05, 0.1) is 10.4 Å². The average Bonchev–Trinajstić information content (AvgIpc) is 2.37. The van der Waals surface area contributed by atoms with Gasteiger partial charge >= 0.3 is 0 Å². The van der Waals surface area contributed by atoms with Crippen molar-refractivity contribution in [2.75, 3.05) is 0 Å². The lowest BCUT2D eigenvalue weighted by Gasteiger charge is -2.11. The van der Waals surface area contributed by atoms with Crippen LogP contribution in [0.2, 0.25) is 8.67 Å². The van der Waals surface area contributed by atoms with Crippen molar-refractivity contribution in [1.29, 1.82) is 0 Å². The molecule has 0 aliphatic heterocycles. The SMILES string of the molecule is CC1(C)C(C(O)c2cc(Cl)sc2Cl)C1(C)C. The molecule has 16 heavy (non-hydrogen) atoms. The molecule has 2 rings (SSSR count). The first-order chi connectivity index (χ1) is 7.19. The largest absolute Gasteiger partial charge is 0.388 e. The number of rotatable bonds is 2. The minimum absolute atomic E-state index is 0.143. The zero-order valence-electron chi connectivity index (χ0n) is 9.84. The quantitative estimate of drug-likeness (QED) is 0.826. The molecule has 1 unspecified atom stereocenters. The van der Waals surface area contributed by atoms with Gasteiger partial charge in [-0.2, -0.15) is 0 Å². The normalized spacial score (nSPS) is 24.4. The summed E-state index contributed by atoms with van der Waals surface area (Å²) in [6, 6.07) is 1.78. The third-order valence-electron chi connectivity index (χ3n) is 4.45. The Morgan fingerprint density at radius 2 is 1.75 bits per heavy atom. The molecule has 4 heteroatoms. The van der Waals surface area contributed by atoms with Gasteiger partial charge in [0.1, 0.15) is 4.34 Å². The summed E-state index contributed by atoms with van der Waals surface area (Å²) in [5.41, 5.74) is 1.06. The van der Waals surface area contributed by atoms with E-state index < -0.39 is 6.10 Å². The van der Waals surface area contributed by atoms with Crippen LogP contribution in [0.25, 0.3) is 0 Å². The zero-order valence-corrected chi connectivity index (χ0v) is 12.2. The maximum Gasteiger partial charge on any atom is 0.100 e. The fourth-order valence-electron chi connectivity index (χ4n) is 2.77. The van der Waals surface area contributed by atoms with Gasteiger partial charge in [-0.05, 0) is 16.9 Å². The van der Waals surface area contributed by atoms with Gasteiger partial charge in [0.25, 0.3) is 0 Å². The van der Waals surface area contributed by atoms with E-state index >= 15 is 0 Å². The van der Waals surface area contributed by atoms with Crippen molar-refractivity contribution < 1.29 is 5.11 Å². The Morgan fingerprint density at radius 1 is 1.25 bits per heavy atom. The molecule has 1 aliphatic rings. The van der Waals surface area contributed by atoms with Crippen LogP contribution in [0.3, 0.4) is 0 Å². The second kappa shape index (κ2) is 3.61. The predicted octanol–water partition coefficient (Wildman–Crippen LogP) is 4.77. The molecule has 1 heterocycles. The first-order valence-electron chi connectivity index (χ1n) is 5.32. The minimum atomic E-state index is -0.513. The van der Waals surface area contributed by atoms with E-state index in [1.165, 1.54) is 11.3 Å². The van der Waals surface area contributed by atoms with Crippen LogP contribution < -0.4 is 0 Å². The summed E-state index contributed by atoms with van der Waals surface area (Å²) in [5.74, 6) is 0.239. The molecule has 0 bridgehead atoms. The Bertz CT molecular complexity index is 409. The highest BCUT2D eigenvalue weighted by molar-refractivity contribution is 7.20. The second-order valence-electron chi connectivity index (χ2n) is 5.65. The van der Waals surface area contributed by atoms with Gasteiger partial charge in [-0.1, -0.05) is 50.9 Å². The van der Waals surface area contributed by atoms with Crippen molar-refractivity contribution in [2.24, 2.45) is 16.7 Å². The molecule has 0 aromatic carbocycles. The fourth-order valence-corrected chi connectivity index (χ4v) is 4.31. The van der Waals surface area contributed by atoms with Crippen LogP contribution in [0.15, 0.2) is 6.07 Å². The van der Waals surface area contributed by atoms with Crippen LogP contribution in [0.1, 0.15) is 39.4 Å². The van der Waals surface area contributed by atoms with Crippen molar-refractivity contribution in [3.05, 3.63) is 20.3 Å². The van der Waals surface area contributed by atoms with Crippen molar-refractivity contribution in [2.45, 2.75) is 33.8 Å². The molecule has 1 N–H and O–H groups in total. The first-order valence-corrected chi connectivity index (χ1v) is 6.89. The van der Waals surface area contributed by atoms with E-state index in [4.69, 9.17) is 23.2 Å². The Morgan fingerprint density at radius 3 is 2.06 bits per heavy atom. The monoisotopic (exact) mass is 278 g/mol. The lowest BCUT2D eigenvalue weighted by atomic mass is 10.0. The van der Waals surface area contributed by atoms with E-state index in [0.29, 0.717) is 8.67 Å². The Balaban J connectivity index is 2.29. The molecular weight excluding hydrogens is 263 g/mol. The predicted molar refractivity (Wildman–Crippen MR) is 70.4 cm³/mol. The van der Waals surface area contributed by atoms with Gasteiger partial charge in [-0.25, -0.2) is 0 Å². The number of aliphatic hydroxyl groups excluding tert-OH is 1. The smallest absolute Gasteiger partial charge is 0.100 e. The summed E-state index contributed by atoms with van der Waals surface area (Å²) < 4.78 is 1.24. The summed E-state index contributed by atoms with van der Waals surface area (Å²) in [6.07, 6.45) is -0.513. The van der Waals surface area contributed by atoms with Gasteiger partial charge in [-0.3, -0.25) is 0 Å². The Hall–Kier alpha value is 0.240. The van der Waals surface area contributed by atoms with E-state index in [1.807, 2.05) is 0 Å². The molecule has 1 nitrogen and oxygen atoms in total. The van der Waals surface area contributed by atoms with E-state index in [1.54, 1.807) is 6.07 Å². The number of hydrogen-bond donors (Lipinski definition) is 1. The molecule has 1 atom stereocenters. The summed E-state index contributed by atoms with van der Waals surface area (Å²) in [6.45, 7) is 8.73. The summed E-state index contributed by atoms with van der Waals surface area (Å²) in [7, 11) is 0. The Labute approximate surface area is 110 Å². The van der Waals surface area contributed by atoms with Gasteiger partial charge in [0, 0.05) is 11.5 Å². The molecule has 0 amide bonds. The number of halogens is 2. The number of hydrogen-bond acceptors (Lipinski definition) is 2. The van der Waals surface area contributed by atoms with E-state index in [-0.39, 0.29) is 16.7 Å². The molecule has 0 radical (unpaired) electrons. The van der Waals surface area contributed by atoms with Crippen LogP contribution >= 0.6 is 34.5 Å². The first kappa shape index (κ1) is 12.7. The van der Waals surface area contributed by atoms with Crippen LogP contribution in [0, 0.1) is 16.7 Å². The lowest BCUT2D eigenvalue weighted by Crippen LogP contribution is -2.04. The molecule has 1 fully saturated rings. The zero-order chi connectivity index (χ0) is 12.3. The van der Waals surface area contributed by atoms with Gasteiger partial charge < -0.3 is 5.11 Å². The van der Waals surface area contributed by atoms with Crippen molar-refractivity contribution >= 4 is 34.5 Å². The van der Waals surface area contributed by atoms with E-state index in [2.05, 4.69) is 27.7 Å². The molecule has 1 aromatic rings. The topological polar surface area (TPSA) is 20.2 Å². The molecule has 90 valence electrons. The molecule has 0 saturated heterocycles. The summed E-state index contributed by atoms with van der Waals surface area (Å²) in [5, 5.41) is 10.4. The molecule has 1 aliphatic carbocycles. The van der Waals surface area contributed by atoms with E-state index in [9.17, 15) is 5.11 Å². The second-order valence-corrected chi connectivity index (χ2v) is 7.93. The van der Waals surface area contributed by atoms with Crippen LogP contribution in [-0.2, 0) is 0 Å². The van der Waals surface area contributed by atoms with Crippen LogP contribution in [-0.4, -0.2) is 5.11 Å². The summed E-state index contributed by atoms with van der Waals surface area (Å²) in [4.78, 5) is 0. The Kier molecular flexibility index (Phi) is 2.87. The number of thiophene rings is 1.